The lowest BCUT2D eigenvalue weighted by molar-refractivity contribution is -0.162. The molecule has 1 N–H and O–H groups in total. The normalized spacial score (nSPS) is 37.9. The van der Waals surface area contributed by atoms with Crippen molar-refractivity contribution in [3.05, 3.63) is 0 Å². The third-order valence-corrected chi connectivity index (χ3v) is 4.26. The summed E-state index contributed by atoms with van der Waals surface area (Å²) in [5.74, 6) is -0.712. The number of hydrogen-bond donors (Lipinski definition) is 1. The predicted molar refractivity (Wildman–Crippen MR) is 50.8 cm³/mol. The summed E-state index contributed by atoms with van der Waals surface area (Å²) >= 11 is 0. The topological polar surface area (TPSA) is 37.3 Å². The van der Waals surface area contributed by atoms with Crippen molar-refractivity contribution in [2.45, 2.75) is 44.7 Å². The van der Waals surface area contributed by atoms with E-state index in [1.54, 1.807) is 0 Å². The van der Waals surface area contributed by atoms with Crippen LogP contribution in [0.2, 0.25) is 0 Å². The predicted octanol–water partition coefficient (Wildman–Crippen LogP) is 3.22. The zero-order valence-electron chi connectivity index (χ0n) is 8.89. The molecule has 3 unspecified atom stereocenters. The van der Waals surface area contributed by atoms with Crippen LogP contribution in [-0.2, 0) is 4.79 Å². The summed E-state index contributed by atoms with van der Waals surface area (Å²) in [6.07, 6.45) is -2.42. The highest BCUT2D eigenvalue weighted by atomic mass is 19.4. The van der Waals surface area contributed by atoms with Crippen molar-refractivity contribution in [3.63, 3.8) is 0 Å². The molecule has 2 rings (SSSR count). The molecule has 0 spiro atoms. The maximum atomic E-state index is 12.2. The van der Waals surface area contributed by atoms with Crippen LogP contribution in [0.5, 0.6) is 0 Å². The summed E-state index contributed by atoms with van der Waals surface area (Å²) in [4.78, 5) is 11.3. The van der Waals surface area contributed by atoms with Crippen molar-refractivity contribution in [1.82, 2.24) is 0 Å². The summed E-state index contributed by atoms with van der Waals surface area (Å²) in [6, 6.07) is 0. The van der Waals surface area contributed by atoms with Crippen LogP contribution < -0.4 is 0 Å². The van der Waals surface area contributed by atoms with E-state index in [2.05, 4.69) is 0 Å². The zero-order chi connectivity index (χ0) is 12.0. The highest BCUT2D eigenvalue weighted by molar-refractivity contribution is 5.75. The molecule has 0 amide bonds. The van der Waals surface area contributed by atoms with Crippen LogP contribution in [-0.4, -0.2) is 17.3 Å². The fourth-order valence-corrected chi connectivity index (χ4v) is 3.48. The van der Waals surface area contributed by atoms with Crippen molar-refractivity contribution in [2.75, 3.05) is 0 Å². The quantitative estimate of drug-likeness (QED) is 0.816. The molecule has 0 saturated heterocycles. The van der Waals surface area contributed by atoms with Crippen LogP contribution in [0.4, 0.5) is 13.2 Å². The Morgan fingerprint density at radius 3 is 2.44 bits per heavy atom. The van der Waals surface area contributed by atoms with Gasteiger partial charge in [-0.2, -0.15) is 13.2 Å². The van der Waals surface area contributed by atoms with E-state index in [9.17, 15) is 23.1 Å². The Kier molecular flexibility index (Phi) is 2.67. The van der Waals surface area contributed by atoms with Crippen LogP contribution in [0.25, 0.3) is 0 Å². The number of carboxylic acid groups (broad SMARTS) is 1. The molecule has 0 aromatic rings. The van der Waals surface area contributed by atoms with E-state index in [0.29, 0.717) is 12.3 Å². The number of halogens is 3. The Balaban J connectivity index is 2.09. The molecule has 2 fully saturated rings. The minimum atomic E-state index is -4.25. The molecular weight excluding hydrogens is 221 g/mol. The van der Waals surface area contributed by atoms with Crippen molar-refractivity contribution >= 4 is 5.97 Å². The standard InChI is InChI=1S/C11H15F3O2/c12-11(13,14)4-3-10(9(15)16)6-7-1-2-8(10)5-7/h7-8H,1-6H2,(H,15,16). The second-order valence-corrected chi connectivity index (χ2v) is 5.16. The first-order valence-electron chi connectivity index (χ1n) is 5.64. The molecule has 0 heterocycles. The molecule has 2 aliphatic rings. The molecule has 92 valence electrons. The van der Waals surface area contributed by atoms with Crippen LogP contribution in [0, 0.1) is 17.3 Å². The Labute approximate surface area is 91.8 Å². The number of carboxylic acids is 1. The fourth-order valence-electron chi connectivity index (χ4n) is 3.48. The van der Waals surface area contributed by atoms with Gasteiger partial charge in [0.1, 0.15) is 0 Å². The molecule has 2 aliphatic carbocycles. The van der Waals surface area contributed by atoms with Gasteiger partial charge in [0.15, 0.2) is 0 Å². The molecule has 0 aliphatic heterocycles. The lowest BCUT2D eigenvalue weighted by atomic mass is 9.70. The van der Waals surface area contributed by atoms with Gasteiger partial charge in [0.2, 0.25) is 0 Å². The molecule has 2 nitrogen and oxygen atoms in total. The molecule has 2 bridgehead atoms. The average Bonchev–Trinajstić information content (AvgIpc) is 2.72. The zero-order valence-corrected chi connectivity index (χ0v) is 8.89. The lowest BCUT2D eigenvalue weighted by Gasteiger charge is -2.33. The number of fused-ring (bicyclic) bond motifs is 2. The Morgan fingerprint density at radius 1 is 1.38 bits per heavy atom. The third-order valence-electron chi connectivity index (χ3n) is 4.26. The molecule has 3 atom stereocenters. The molecule has 16 heavy (non-hydrogen) atoms. The van der Waals surface area contributed by atoms with Gasteiger partial charge in [0.25, 0.3) is 0 Å². The van der Waals surface area contributed by atoms with Gasteiger partial charge in [0, 0.05) is 6.42 Å². The first kappa shape index (κ1) is 11.7. The van der Waals surface area contributed by atoms with Gasteiger partial charge in [0.05, 0.1) is 5.41 Å². The summed E-state index contributed by atoms with van der Waals surface area (Å²) in [6.45, 7) is 0. The molecule has 0 aromatic carbocycles. The number of alkyl halides is 3. The molecule has 0 radical (unpaired) electrons. The van der Waals surface area contributed by atoms with Gasteiger partial charge in [-0.15, -0.1) is 0 Å². The van der Waals surface area contributed by atoms with Crippen LogP contribution in [0.1, 0.15) is 38.5 Å². The average molecular weight is 236 g/mol. The van der Waals surface area contributed by atoms with Gasteiger partial charge in [-0.05, 0) is 37.5 Å². The van der Waals surface area contributed by atoms with E-state index < -0.39 is 24.0 Å². The van der Waals surface area contributed by atoms with E-state index in [1.165, 1.54) is 0 Å². The summed E-state index contributed by atoms with van der Waals surface area (Å²) in [5, 5.41) is 9.22. The Hall–Kier alpha value is -0.740. The third kappa shape index (κ3) is 1.92. The molecule has 0 aromatic heterocycles. The van der Waals surface area contributed by atoms with Crippen LogP contribution in [0.3, 0.4) is 0 Å². The monoisotopic (exact) mass is 236 g/mol. The first-order valence-corrected chi connectivity index (χ1v) is 5.64. The molecule has 5 heteroatoms. The van der Waals surface area contributed by atoms with Crippen LogP contribution >= 0.6 is 0 Å². The van der Waals surface area contributed by atoms with Gasteiger partial charge >= 0.3 is 12.1 Å². The Bertz CT molecular complexity index is 300. The number of rotatable bonds is 3. The maximum Gasteiger partial charge on any atom is 0.389 e. The second-order valence-electron chi connectivity index (χ2n) is 5.16. The SMILES string of the molecule is O=C(O)C1(CCC(F)(F)F)CC2CCC1C2. The van der Waals surface area contributed by atoms with E-state index in [0.717, 1.165) is 19.3 Å². The minimum Gasteiger partial charge on any atom is -0.481 e. The molecular formula is C11H15F3O2. The largest absolute Gasteiger partial charge is 0.481 e. The van der Waals surface area contributed by atoms with E-state index in [1.807, 2.05) is 0 Å². The summed E-state index contributed by atoms with van der Waals surface area (Å²) < 4.78 is 36.6. The summed E-state index contributed by atoms with van der Waals surface area (Å²) in [7, 11) is 0. The smallest absolute Gasteiger partial charge is 0.389 e. The van der Waals surface area contributed by atoms with Crippen molar-refractivity contribution in [1.29, 1.82) is 0 Å². The van der Waals surface area contributed by atoms with Crippen molar-refractivity contribution in [3.8, 4) is 0 Å². The number of aliphatic carboxylic acids is 1. The van der Waals surface area contributed by atoms with Gasteiger partial charge in [-0.3, -0.25) is 4.79 Å². The van der Waals surface area contributed by atoms with Crippen molar-refractivity contribution in [2.24, 2.45) is 17.3 Å². The minimum absolute atomic E-state index is 0.0302. The highest BCUT2D eigenvalue weighted by Crippen LogP contribution is 2.58. The van der Waals surface area contributed by atoms with Gasteiger partial charge in [-0.25, -0.2) is 0 Å². The van der Waals surface area contributed by atoms with E-state index in [4.69, 9.17) is 0 Å². The number of hydrogen-bond acceptors (Lipinski definition) is 1. The van der Waals surface area contributed by atoms with Gasteiger partial charge < -0.3 is 5.11 Å². The van der Waals surface area contributed by atoms with Gasteiger partial charge in [-0.1, -0.05) is 6.42 Å². The first-order chi connectivity index (χ1) is 7.33. The number of carbonyl (C=O) groups is 1. The Morgan fingerprint density at radius 2 is 2.06 bits per heavy atom. The lowest BCUT2D eigenvalue weighted by Crippen LogP contribution is -2.37. The highest BCUT2D eigenvalue weighted by Gasteiger charge is 2.56. The van der Waals surface area contributed by atoms with E-state index in [-0.39, 0.29) is 12.3 Å². The van der Waals surface area contributed by atoms with Crippen molar-refractivity contribution < 1.29 is 23.1 Å². The second kappa shape index (κ2) is 3.64. The molecule has 2 saturated carbocycles. The maximum absolute atomic E-state index is 12.2. The fraction of sp³-hybridized carbons (Fsp3) is 0.909. The van der Waals surface area contributed by atoms with Crippen LogP contribution in [0.15, 0.2) is 0 Å². The summed E-state index contributed by atoms with van der Waals surface area (Å²) in [5.41, 5.74) is -1.08. The van der Waals surface area contributed by atoms with E-state index >= 15 is 0 Å².